The number of hydrogen-bond donors (Lipinski definition) is 0. The van der Waals surface area contributed by atoms with Crippen LogP contribution in [0.4, 0.5) is 0 Å². The SMILES string of the molecule is Cc1cc[c]c(Cc2ccccc2Cl)n1. The second kappa shape index (κ2) is 4.45. The third-order valence-electron chi connectivity index (χ3n) is 2.20. The fourth-order valence-electron chi connectivity index (χ4n) is 1.45. The molecule has 1 radical (unpaired) electrons. The first kappa shape index (κ1) is 10.2. The minimum Gasteiger partial charge on any atom is -0.257 e. The van der Waals surface area contributed by atoms with Crippen molar-refractivity contribution in [1.82, 2.24) is 4.98 Å². The van der Waals surface area contributed by atoms with E-state index in [1.165, 1.54) is 0 Å². The number of halogens is 1. The van der Waals surface area contributed by atoms with Gasteiger partial charge in [0.25, 0.3) is 0 Å². The van der Waals surface area contributed by atoms with Gasteiger partial charge in [0.05, 0.1) is 5.69 Å². The van der Waals surface area contributed by atoms with Gasteiger partial charge in [0, 0.05) is 23.2 Å². The van der Waals surface area contributed by atoms with Crippen molar-refractivity contribution in [3.63, 3.8) is 0 Å². The largest absolute Gasteiger partial charge is 0.257 e. The monoisotopic (exact) mass is 216 g/mol. The third kappa shape index (κ3) is 2.57. The molecule has 1 heterocycles. The van der Waals surface area contributed by atoms with E-state index in [0.29, 0.717) is 0 Å². The Hall–Kier alpha value is -1.34. The molecule has 2 rings (SSSR count). The van der Waals surface area contributed by atoms with Crippen molar-refractivity contribution in [2.75, 3.05) is 0 Å². The van der Waals surface area contributed by atoms with Gasteiger partial charge < -0.3 is 0 Å². The summed E-state index contributed by atoms with van der Waals surface area (Å²) in [4.78, 5) is 4.40. The van der Waals surface area contributed by atoms with Gasteiger partial charge in [0.1, 0.15) is 0 Å². The van der Waals surface area contributed by atoms with E-state index in [4.69, 9.17) is 11.6 Å². The van der Waals surface area contributed by atoms with Crippen LogP contribution in [0, 0.1) is 13.0 Å². The van der Waals surface area contributed by atoms with Crippen LogP contribution in [-0.2, 0) is 6.42 Å². The van der Waals surface area contributed by atoms with Gasteiger partial charge in [-0.05, 0) is 24.6 Å². The lowest BCUT2D eigenvalue weighted by atomic mass is 10.1. The lowest BCUT2D eigenvalue weighted by Gasteiger charge is -2.03. The van der Waals surface area contributed by atoms with Gasteiger partial charge >= 0.3 is 0 Å². The molecular formula is C13H11ClN. The molecule has 0 bridgehead atoms. The topological polar surface area (TPSA) is 12.9 Å². The first-order valence-electron chi connectivity index (χ1n) is 4.83. The zero-order valence-corrected chi connectivity index (χ0v) is 9.25. The van der Waals surface area contributed by atoms with Crippen molar-refractivity contribution in [2.45, 2.75) is 13.3 Å². The molecular weight excluding hydrogens is 206 g/mol. The molecule has 0 aliphatic carbocycles. The van der Waals surface area contributed by atoms with Gasteiger partial charge in [0.15, 0.2) is 0 Å². The summed E-state index contributed by atoms with van der Waals surface area (Å²) in [5.41, 5.74) is 3.03. The van der Waals surface area contributed by atoms with Gasteiger partial charge in [-0.1, -0.05) is 35.9 Å². The summed E-state index contributed by atoms with van der Waals surface area (Å²) in [5, 5.41) is 0.786. The van der Waals surface area contributed by atoms with Crippen molar-refractivity contribution in [2.24, 2.45) is 0 Å². The molecule has 2 aromatic rings. The summed E-state index contributed by atoms with van der Waals surface area (Å²) in [6.45, 7) is 1.98. The normalized spacial score (nSPS) is 10.3. The lowest BCUT2D eigenvalue weighted by Crippen LogP contribution is -1.94. The van der Waals surface area contributed by atoms with Crippen LogP contribution in [0.3, 0.4) is 0 Å². The Labute approximate surface area is 94.7 Å². The van der Waals surface area contributed by atoms with Crippen molar-refractivity contribution >= 4 is 11.6 Å². The van der Waals surface area contributed by atoms with Gasteiger partial charge in [-0.25, -0.2) is 0 Å². The van der Waals surface area contributed by atoms with Crippen LogP contribution in [0.25, 0.3) is 0 Å². The molecule has 1 aromatic heterocycles. The number of rotatable bonds is 2. The fourth-order valence-corrected chi connectivity index (χ4v) is 1.66. The molecule has 2 heteroatoms. The van der Waals surface area contributed by atoms with Crippen LogP contribution in [0.2, 0.25) is 5.02 Å². The highest BCUT2D eigenvalue weighted by molar-refractivity contribution is 6.31. The minimum atomic E-state index is 0.737. The highest BCUT2D eigenvalue weighted by Crippen LogP contribution is 2.17. The summed E-state index contributed by atoms with van der Waals surface area (Å²) >= 11 is 6.07. The number of pyridine rings is 1. The molecule has 1 aromatic carbocycles. The highest BCUT2D eigenvalue weighted by atomic mass is 35.5. The highest BCUT2D eigenvalue weighted by Gasteiger charge is 2.01. The smallest absolute Gasteiger partial charge is 0.0530 e. The molecule has 0 amide bonds. The maximum atomic E-state index is 6.07. The summed E-state index contributed by atoms with van der Waals surface area (Å²) in [7, 11) is 0. The lowest BCUT2D eigenvalue weighted by molar-refractivity contribution is 1.03. The average molecular weight is 217 g/mol. The number of aryl methyl sites for hydroxylation is 1. The van der Waals surface area contributed by atoms with Crippen molar-refractivity contribution in [3.8, 4) is 0 Å². The summed E-state index contributed by atoms with van der Waals surface area (Å²) in [6.07, 6.45) is 0.737. The standard InChI is InChI=1S/C13H11ClN/c1-10-5-4-7-12(15-10)9-11-6-2-3-8-13(11)14/h2-6,8H,9H2,1H3. The molecule has 0 spiro atoms. The molecule has 0 saturated carbocycles. The van der Waals surface area contributed by atoms with Crippen LogP contribution < -0.4 is 0 Å². The predicted octanol–water partition coefficient (Wildman–Crippen LogP) is 3.43. The summed E-state index contributed by atoms with van der Waals surface area (Å²) in [5.74, 6) is 0. The van der Waals surface area contributed by atoms with Crippen molar-refractivity contribution < 1.29 is 0 Å². The molecule has 0 saturated heterocycles. The van der Waals surface area contributed by atoms with Gasteiger partial charge in [0.2, 0.25) is 0 Å². The molecule has 0 N–H and O–H groups in total. The molecule has 0 aliphatic rings. The summed E-state index contributed by atoms with van der Waals surface area (Å²) < 4.78 is 0. The number of hydrogen-bond acceptors (Lipinski definition) is 1. The van der Waals surface area contributed by atoms with E-state index in [2.05, 4.69) is 11.1 Å². The van der Waals surface area contributed by atoms with Crippen LogP contribution in [0.1, 0.15) is 17.0 Å². The Morgan fingerprint density at radius 3 is 2.80 bits per heavy atom. The van der Waals surface area contributed by atoms with Crippen LogP contribution in [-0.4, -0.2) is 4.98 Å². The Morgan fingerprint density at radius 1 is 1.27 bits per heavy atom. The Kier molecular flexibility index (Phi) is 3.02. The Balaban J connectivity index is 2.26. The third-order valence-corrected chi connectivity index (χ3v) is 2.57. The van der Waals surface area contributed by atoms with E-state index in [0.717, 1.165) is 28.4 Å². The van der Waals surface area contributed by atoms with E-state index < -0.39 is 0 Å². The van der Waals surface area contributed by atoms with E-state index in [1.807, 2.05) is 43.3 Å². The number of nitrogens with zero attached hydrogens (tertiary/aromatic N) is 1. The second-order valence-corrected chi connectivity index (χ2v) is 3.85. The van der Waals surface area contributed by atoms with E-state index in [1.54, 1.807) is 0 Å². The van der Waals surface area contributed by atoms with E-state index >= 15 is 0 Å². The van der Waals surface area contributed by atoms with Gasteiger partial charge in [-0.15, -0.1) is 0 Å². The maximum Gasteiger partial charge on any atom is 0.0530 e. The fraction of sp³-hybridized carbons (Fsp3) is 0.154. The molecule has 0 atom stereocenters. The van der Waals surface area contributed by atoms with Crippen molar-refractivity contribution in [1.29, 1.82) is 0 Å². The maximum absolute atomic E-state index is 6.07. The zero-order chi connectivity index (χ0) is 10.7. The van der Waals surface area contributed by atoms with Crippen molar-refractivity contribution in [3.05, 3.63) is 64.4 Å². The van der Waals surface area contributed by atoms with Gasteiger partial charge in [-0.2, -0.15) is 0 Å². The van der Waals surface area contributed by atoms with Crippen LogP contribution in [0.15, 0.2) is 36.4 Å². The Morgan fingerprint density at radius 2 is 2.07 bits per heavy atom. The van der Waals surface area contributed by atoms with Gasteiger partial charge in [-0.3, -0.25) is 4.98 Å². The average Bonchev–Trinajstić information content (AvgIpc) is 2.22. The first-order chi connectivity index (χ1) is 7.25. The molecule has 15 heavy (non-hydrogen) atoms. The van der Waals surface area contributed by atoms with Crippen LogP contribution >= 0.6 is 11.6 Å². The van der Waals surface area contributed by atoms with Crippen LogP contribution in [0.5, 0.6) is 0 Å². The Bertz CT molecular complexity index is 466. The van der Waals surface area contributed by atoms with E-state index in [9.17, 15) is 0 Å². The molecule has 0 fully saturated rings. The molecule has 75 valence electrons. The second-order valence-electron chi connectivity index (χ2n) is 3.45. The summed E-state index contributed by atoms with van der Waals surface area (Å²) in [6, 6.07) is 14.8. The molecule has 1 nitrogen and oxygen atoms in total. The first-order valence-corrected chi connectivity index (χ1v) is 5.21. The van der Waals surface area contributed by atoms with E-state index in [-0.39, 0.29) is 0 Å². The predicted molar refractivity (Wildman–Crippen MR) is 62.1 cm³/mol. The minimum absolute atomic E-state index is 0.737. The zero-order valence-electron chi connectivity index (χ0n) is 8.50. The molecule has 0 unspecified atom stereocenters. The molecule has 0 aliphatic heterocycles. The number of aromatic nitrogens is 1. The quantitative estimate of drug-likeness (QED) is 0.750. The number of benzene rings is 1.